The van der Waals surface area contributed by atoms with E-state index in [1.165, 1.54) is 47.0 Å². The molecule has 0 amide bonds. The van der Waals surface area contributed by atoms with Gasteiger partial charge in [-0.3, -0.25) is 4.31 Å². The highest BCUT2D eigenvalue weighted by atomic mass is 32.2. The number of rotatable bonds is 7. The van der Waals surface area contributed by atoms with E-state index in [0.717, 1.165) is 15.8 Å². The van der Waals surface area contributed by atoms with Gasteiger partial charge in [0.2, 0.25) is 0 Å². The molecule has 0 aliphatic rings. The molecule has 1 heterocycles. The summed E-state index contributed by atoms with van der Waals surface area (Å²) in [4.78, 5) is 17.3. The average Bonchev–Trinajstić information content (AvgIpc) is 3.41. The van der Waals surface area contributed by atoms with E-state index in [-0.39, 0.29) is 10.5 Å². The third kappa shape index (κ3) is 5.57. The first-order chi connectivity index (χ1) is 18.8. The Morgan fingerprint density at radius 2 is 1.59 bits per heavy atom. The van der Waals surface area contributed by atoms with E-state index in [2.05, 4.69) is 11.1 Å². The number of anilines is 1. The molecule has 7 nitrogen and oxygen atoms in total. The lowest BCUT2D eigenvalue weighted by Gasteiger charge is -2.19. The molecule has 192 valence electrons. The van der Waals surface area contributed by atoms with Crippen molar-refractivity contribution in [3.05, 3.63) is 119 Å². The molecule has 0 bridgehead atoms. The zero-order valence-corrected chi connectivity index (χ0v) is 22.3. The third-order valence-corrected chi connectivity index (χ3v) is 8.78. The van der Waals surface area contributed by atoms with Gasteiger partial charge < -0.3 is 4.74 Å². The van der Waals surface area contributed by atoms with Crippen LogP contribution in [0, 0.1) is 11.3 Å². The minimum absolute atomic E-state index is 0.0583. The number of sulfonamides is 1. The number of fused-ring (bicyclic) bond motifs is 1. The van der Waals surface area contributed by atoms with E-state index >= 15 is 0 Å². The van der Waals surface area contributed by atoms with Gasteiger partial charge in [0.05, 0.1) is 31.9 Å². The molecule has 39 heavy (non-hydrogen) atoms. The van der Waals surface area contributed by atoms with Gasteiger partial charge in [0.1, 0.15) is 16.8 Å². The molecule has 0 aliphatic heterocycles. The Bertz CT molecular complexity index is 1790. The summed E-state index contributed by atoms with van der Waals surface area (Å²) in [6.07, 6.45) is 1.73. The van der Waals surface area contributed by atoms with Crippen molar-refractivity contribution < 1.29 is 17.9 Å². The van der Waals surface area contributed by atoms with Gasteiger partial charge in [-0.2, -0.15) is 5.26 Å². The van der Waals surface area contributed by atoms with Crippen molar-refractivity contribution >= 4 is 54.9 Å². The van der Waals surface area contributed by atoms with E-state index in [1.807, 2.05) is 30.3 Å². The van der Waals surface area contributed by atoms with Crippen molar-refractivity contribution in [3.63, 3.8) is 0 Å². The van der Waals surface area contributed by atoms with Crippen LogP contribution in [0.4, 0.5) is 5.69 Å². The Kier molecular flexibility index (Phi) is 7.23. The molecule has 0 spiro atoms. The second-order valence-electron chi connectivity index (χ2n) is 8.45. The molecule has 0 N–H and O–H groups in total. The van der Waals surface area contributed by atoms with Crippen molar-refractivity contribution in [2.75, 3.05) is 11.4 Å². The Balaban J connectivity index is 1.27. The molecule has 5 aromatic rings. The van der Waals surface area contributed by atoms with Gasteiger partial charge in [-0.1, -0.05) is 42.5 Å². The number of benzene rings is 4. The minimum Gasteiger partial charge on any atom is -0.423 e. The Hall–Kier alpha value is -4.78. The lowest BCUT2D eigenvalue weighted by Crippen LogP contribution is -2.26. The monoisotopic (exact) mass is 551 g/mol. The molecule has 0 fully saturated rings. The molecule has 0 unspecified atom stereocenters. The summed E-state index contributed by atoms with van der Waals surface area (Å²) < 4.78 is 33.6. The van der Waals surface area contributed by atoms with Crippen LogP contribution in [0.1, 0.15) is 20.9 Å². The number of nitriles is 1. The van der Waals surface area contributed by atoms with Gasteiger partial charge in [-0.15, -0.1) is 11.3 Å². The second kappa shape index (κ2) is 10.9. The van der Waals surface area contributed by atoms with Crippen molar-refractivity contribution in [3.8, 4) is 11.8 Å². The molecule has 0 atom stereocenters. The van der Waals surface area contributed by atoms with Crippen LogP contribution in [0.15, 0.2) is 108 Å². The van der Waals surface area contributed by atoms with Crippen LogP contribution >= 0.6 is 11.3 Å². The third-order valence-electron chi connectivity index (χ3n) is 5.91. The summed E-state index contributed by atoms with van der Waals surface area (Å²) in [6, 6.07) is 31.0. The van der Waals surface area contributed by atoms with Crippen molar-refractivity contribution in [2.45, 2.75) is 4.90 Å². The molecular weight excluding hydrogens is 530 g/mol. The molecule has 0 aliphatic carbocycles. The summed E-state index contributed by atoms with van der Waals surface area (Å²) in [6.45, 7) is 0. The maximum absolute atomic E-state index is 13.0. The van der Waals surface area contributed by atoms with Gasteiger partial charge in [0.15, 0.2) is 0 Å². The Labute approximate surface area is 229 Å². The van der Waals surface area contributed by atoms with E-state index in [9.17, 15) is 18.5 Å². The number of hydrogen-bond donors (Lipinski definition) is 0. The number of esters is 1. The molecular formula is C30H21N3O4S2. The van der Waals surface area contributed by atoms with Crippen LogP contribution < -0.4 is 9.04 Å². The van der Waals surface area contributed by atoms with Crippen LogP contribution in [0.5, 0.6) is 5.75 Å². The average molecular weight is 552 g/mol. The maximum atomic E-state index is 13.0. The van der Waals surface area contributed by atoms with E-state index in [0.29, 0.717) is 22.0 Å². The molecule has 0 saturated heterocycles. The number of aromatic nitrogens is 1. The smallest absolute Gasteiger partial charge is 0.343 e. The molecule has 1 aromatic heterocycles. The summed E-state index contributed by atoms with van der Waals surface area (Å²) in [7, 11) is -2.31. The minimum atomic E-state index is -3.79. The summed E-state index contributed by atoms with van der Waals surface area (Å²) in [5.41, 5.74) is 2.77. The SMILES string of the molecule is CN(c1ccccc1)S(=O)(=O)c1ccc(C(=O)Oc2ccc(/C=C(\C#N)c3nc4ccccc4s3)cc2)cc1. The second-order valence-corrected chi connectivity index (χ2v) is 11.4. The Morgan fingerprint density at radius 3 is 2.26 bits per heavy atom. The van der Waals surface area contributed by atoms with E-state index in [1.54, 1.807) is 54.6 Å². The fourth-order valence-corrected chi connectivity index (χ4v) is 5.92. The molecule has 5 rings (SSSR count). The fraction of sp³-hybridized carbons (Fsp3) is 0.0333. The first-order valence-corrected chi connectivity index (χ1v) is 14.0. The van der Waals surface area contributed by atoms with Gasteiger partial charge in [-0.25, -0.2) is 18.2 Å². The largest absolute Gasteiger partial charge is 0.423 e. The quantitative estimate of drug-likeness (QED) is 0.132. The van der Waals surface area contributed by atoms with E-state index in [4.69, 9.17) is 4.74 Å². The van der Waals surface area contributed by atoms with Gasteiger partial charge in [0.25, 0.3) is 10.0 Å². The van der Waals surface area contributed by atoms with Crippen LogP contribution in [0.3, 0.4) is 0 Å². The van der Waals surface area contributed by atoms with Crippen molar-refractivity contribution in [2.24, 2.45) is 0 Å². The van der Waals surface area contributed by atoms with Crippen molar-refractivity contribution in [1.82, 2.24) is 4.98 Å². The maximum Gasteiger partial charge on any atom is 0.343 e. The van der Waals surface area contributed by atoms with Gasteiger partial charge >= 0.3 is 5.97 Å². The summed E-state index contributed by atoms with van der Waals surface area (Å²) >= 11 is 1.45. The highest BCUT2D eigenvalue weighted by Crippen LogP contribution is 2.28. The Morgan fingerprint density at radius 1 is 0.923 bits per heavy atom. The van der Waals surface area contributed by atoms with Crippen LogP contribution in [-0.4, -0.2) is 26.4 Å². The lowest BCUT2D eigenvalue weighted by atomic mass is 10.1. The number of hydrogen-bond acceptors (Lipinski definition) is 7. The number of para-hydroxylation sites is 2. The van der Waals surface area contributed by atoms with Crippen LogP contribution in [0.25, 0.3) is 21.9 Å². The zero-order chi connectivity index (χ0) is 27.4. The van der Waals surface area contributed by atoms with Gasteiger partial charge in [0, 0.05) is 7.05 Å². The topological polar surface area (TPSA) is 100 Å². The summed E-state index contributed by atoms with van der Waals surface area (Å²) in [5, 5.41) is 10.3. The van der Waals surface area contributed by atoms with Crippen molar-refractivity contribution in [1.29, 1.82) is 5.26 Å². The normalized spacial score (nSPS) is 11.6. The standard InChI is InChI=1S/C30H21N3O4S2/c1-33(24-7-3-2-4-8-24)39(35,36)26-17-13-22(14-18-26)30(34)37-25-15-11-21(12-16-25)19-23(20-31)29-32-27-9-5-6-10-28(27)38-29/h2-19H,1H3/b23-19+. The molecule has 0 radical (unpaired) electrons. The molecule has 0 saturated carbocycles. The number of thiazole rings is 1. The lowest BCUT2D eigenvalue weighted by molar-refractivity contribution is 0.0734. The number of carbonyl (C=O) groups excluding carboxylic acids is 1. The molecule has 9 heteroatoms. The first kappa shape index (κ1) is 25.9. The predicted molar refractivity (Wildman–Crippen MR) is 153 cm³/mol. The number of ether oxygens (including phenoxy) is 1. The zero-order valence-electron chi connectivity index (χ0n) is 20.7. The molecule has 4 aromatic carbocycles. The van der Waals surface area contributed by atoms with Crippen LogP contribution in [0.2, 0.25) is 0 Å². The number of carbonyl (C=O) groups is 1. The summed E-state index contributed by atoms with van der Waals surface area (Å²) in [5.74, 6) is -0.304. The van der Waals surface area contributed by atoms with Gasteiger partial charge in [-0.05, 0) is 72.3 Å². The number of nitrogens with zero attached hydrogens (tertiary/aromatic N) is 3. The highest BCUT2D eigenvalue weighted by molar-refractivity contribution is 7.92. The number of allylic oxidation sites excluding steroid dienone is 1. The predicted octanol–water partition coefficient (Wildman–Crippen LogP) is 6.40. The fourth-order valence-electron chi connectivity index (χ4n) is 3.79. The highest BCUT2D eigenvalue weighted by Gasteiger charge is 2.22. The first-order valence-electron chi connectivity index (χ1n) is 11.8. The van der Waals surface area contributed by atoms with E-state index < -0.39 is 16.0 Å². The van der Waals surface area contributed by atoms with Crippen LogP contribution in [-0.2, 0) is 10.0 Å².